The summed E-state index contributed by atoms with van der Waals surface area (Å²) in [5, 5.41) is 7.21. The number of fused-ring (bicyclic) bond motifs is 2. The Balaban J connectivity index is 1.62. The quantitative estimate of drug-likeness (QED) is 0.684. The molecule has 2 aromatic carbocycles. The van der Waals surface area contributed by atoms with Crippen molar-refractivity contribution in [3.05, 3.63) is 59.7 Å². The Morgan fingerprint density at radius 2 is 1.08 bits per heavy atom. The SMILES string of the molecule is c1ccc2c(c1)CNCCCCNCc1ccccc1SCCCS2. The molecule has 2 nitrogen and oxygen atoms in total. The second kappa shape index (κ2) is 10.9. The molecular weight excluding hydrogens is 344 g/mol. The minimum Gasteiger partial charge on any atom is -0.313 e. The summed E-state index contributed by atoms with van der Waals surface area (Å²) >= 11 is 4.01. The van der Waals surface area contributed by atoms with Crippen molar-refractivity contribution in [1.29, 1.82) is 0 Å². The molecule has 0 aromatic heterocycles. The van der Waals surface area contributed by atoms with Crippen molar-refractivity contribution in [2.24, 2.45) is 0 Å². The van der Waals surface area contributed by atoms with Crippen molar-refractivity contribution in [2.75, 3.05) is 24.6 Å². The van der Waals surface area contributed by atoms with Crippen molar-refractivity contribution in [3.63, 3.8) is 0 Å². The third-order valence-electron chi connectivity index (χ3n) is 4.34. The van der Waals surface area contributed by atoms with Crippen LogP contribution in [-0.4, -0.2) is 24.6 Å². The highest BCUT2D eigenvalue weighted by Gasteiger charge is 2.05. The molecule has 0 radical (unpaired) electrons. The third kappa shape index (κ3) is 6.37. The van der Waals surface area contributed by atoms with Crippen LogP contribution in [0.25, 0.3) is 0 Å². The molecule has 25 heavy (non-hydrogen) atoms. The van der Waals surface area contributed by atoms with Gasteiger partial charge in [0.2, 0.25) is 0 Å². The summed E-state index contributed by atoms with van der Waals surface area (Å²) in [4.78, 5) is 2.87. The fourth-order valence-corrected chi connectivity index (χ4v) is 5.15. The van der Waals surface area contributed by atoms with Crippen LogP contribution >= 0.6 is 23.5 Å². The molecule has 0 fully saturated rings. The molecule has 1 aliphatic rings. The molecule has 2 aromatic rings. The Morgan fingerprint density at radius 1 is 0.600 bits per heavy atom. The van der Waals surface area contributed by atoms with Gasteiger partial charge in [0.1, 0.15) is 0 Å². The monoisotopic (exact) mass is 372 g/mol. The lowest BCUT2D eigenvalue weighted by Crippen LogP contribution is -2.19. The fourth-order valence-electron chi connectivity index (χ4n) is 2.95. The van der Waals surface area contributed by atoms with Crippen molar-refractivity contribution >= 4 is 23.5 Å². The van der Waals surface area contributed by atoms with E-state index in [1.165, 1.54) is 51.7 Å². The Morgan fingerprint density at radius 3 is 1.60 bits per heavy atom. The summed E-state index contributed by atoms with van der Waals surface area (Å²) in [6, 6.07) is 17.7. The first-order valence-electron chi connectivity index (χ1n) is 9.26. The summed E-state index contributed by atoms with van der Waals surface area (Å²) in [6.07, 6.45) is 3.68. The minimum absolute atomic E-state index is 0.983. The Hall–Kier alpha value is -0.940. The number of benzene rings is 2. The molecule has 4 heteroatoms. The van der Waals surface area contributed by atoms with Gasteiger partial charge in [-0.05, 0) is 67.1 Å². The van der Waals surface area contributed by atoms with Crippen molar-refractivity contribution in [2.45, 2.75) is 42.1 Å². The van der Waals surface area contributed by atoms with Crippen LogP contribution in [0.15, 0.2) is 58.3 Å². The van der Waals surface area contributed by atoms with Gasteiger partial charge >= 0.3 is 0 Å². The van der Waals surface area contributed by atoms with Crippen LogP contribution in [-0.2, 0) is 13.1 Å². The van der Waals surface area contributed by atoms with Gasteiger partial charge in [-0.15, -0.1) is 23.5 Å². The lowest BCUT2D eigenvalue weighted by molar-refractivity contribution is 0.579. The summed E-state index contributed by atoms with van der Waals surface area (Å²) in [7, 11) is 0. The van der Waals surface area contributed by atoms with E-state index in [4.69, 9.17) is 0 Å². The number of thioether (sulfide) groups is 2. The van der Waals surface area contributed by atoms with E-state index in [1.807, 2.05) is 23.5 Å². The second-order valence-electron chi connectivity index (χ2n) is 6.33. The molecule has 0 saturated carbocycles. The zero-order chi connectivity index (χ0) is 17.2. The zero-order valence-electron chi connectivity index (χ0n) is 14.8. The van der Waals surface area contributed by atoms with E-state index in [0.717, 1.165) is 26.2 Å². The maximum Gasteiger partial charge on any atom is 0.0216 e. The second-order valence-corrected chi connectivity index (χ2v) is 8.60. The average molecular weight is 373 g/mol. The molecule has 1 heterocycles. The molecule has 0 spiro atoms. The Bertz CT molecular complexity index is 590. The van der Waals surface area contributed by atoms with Gasteiger partial charge in [-0.3, -0.25) is 0 Å². The van der Waals surface area contributed by atoms with Crippen molar-refractivity contribution in [3.8, 4) is 0 Å². The van der Waals surface area contributed by atoms with Crippen LogP contribution in [0.1, 0.15) is 30.4 Å². The highest BCUT2D eigenvalue weighted by molar-refractivity contribution is 8.00. The smallest absolute Gasteiger partial charge is 0.0216 e. The summed E-state index contributed by atoms with van der Waals surface area (Å²) in [5.41, 5.74) is 2.88. The molecule has 0 saturated heterocycles. The van der Waals surface area contributed by atoms with Crippen LogP contribution < -0.4 is 10.6 Å². The molecule has 0 bridgehead atoms. The van der Waals surface area contributed by atoms with Gasteiger partial charge in [-0.2, -0.15) is 0 Å². The highest BCUT2D eigenvalue weighted by atomic mass is 32.2. The third-order valence-corrected chi connectivity index (χ3v) is 6.74. The van der Waals surface area contributed by atoms with Gasteiger partial charge in [0, 0.05) is 22.9 Å². The summed E-state index contributed by atoms with van der Waals surface area (Å²) < 4.78 is 0. The molecule has 0 unspecified atom stereocenters. The predicted octanol–water partition coefficient (Wildman–Crippen LogP) is 4.93. The molecule has 0 amide bonds. The van der Waals surface area contributed by atoms with E-state index >= 15 is 0 Å². The number of hydrogen-bond donors (Lipinski definition) is 2. The Kier molecular flexibility index (Phi) is 8.23. The molecule has 2 N–H and O–H groups in total. The summed E-state index contributed by atoms with van der Waals surface area (Å²) in [6.45, 7) is 4.15. The zero-order valence-corrected chi connectivity index (χ0v) is 16.4. The van der Waals surface area contributed by atoms with Crippen molar-refractivity contribution in [1.82, 2.24) is 10.6 Å². The van der Waals surface area contributed by atoms with Gasteiger partial charge in [0.15, 0.2) is 0 Å². The maximum atomic E-state index is 3.61. The first-order chi connectivity index (χ1) is 12.4. The molecule has 1 aliphatic heterocycles. The van der Waals surface area contributed by atoms with Gasteiger partial charge in [-0.1, -0.05) is 36.4 Å². The van der Waals surface area contributed by atoms with Crippen LogP contribution in [0.5, 0.6) is 0 Å². The van der Waals surface area contributed by atoms with Gasteiger partial charge < -0.3 is 10.6 Å². The largest absolute Gasteiger partial charge is 0.313 e. The first kappa shape index (κ1) is 18.8. The van der Waals surface area contributed by atoms with Crippen molar-refractivity contribution < 1.29 is 0 Å². The molecule has 0 atom stereocenters. The van der Waals surface area contributed by atoms with E-state index < -0.39 is 0 Å². The van der Waals surface area contributed by atoms with Crippen LogP contribution in [0.3, 0.4) is 0 Å². The fraction of sp³-hybridized carbons (Fsp3) is 0.429. The van der Waals surface area contributed by atoms with Crippen LogP contribution in [0, 0.1) is 0 Å². The number of nitrogens with one attached hydrogen (secondary N) is 2. The van der Waals surface area contributed by atoms with Gasteiger partial charge in [-0.25, -0.2) is 0 Å². The molecule has 0 aliphatic carbocycles. The van der Waals surface area contributed by atoms with E-state index in [2.05, 4.69) is 59.2 Å². The summed E-state index contributed by atoms with van der Waals surface area (Å²) in [5.74, 6) is 2.37. The van der Waals surface area contributed by atoms with E-state index in [0.29, 0.717) is 0 Å². The predicted molar refractivity (Wildman–Crippen MR) is 112 cm³/mol. The lowest BCUT2D eigenvalue weighted by Gasteiger charge is -2.10. The standard InChI is InChI=1S/C21H28N2S2/c1-3-10-20-18(8-1)16-22-12-5-6-13-23-17-19-9-2-4-11-21(19)25-15-7-14-24-20/h1-4,8-11,22-23H,5-7,12-17H2. The molecular formula is C21H28N2S2. The maximum absolute atomic E-state index is 3.61. The van der Waals surface area contributed by atoms with E-state index in [1.54, 1.807) is 0 Å². The van der Waals surface area contributed by atoms with E-state index in [9.17, 15) is 0 Å². The lowest BCUT2D eigenvalue weighted by atomic mass is 10.2. The normalized spacial score (nSPS) is 17.9. The highest BCUT2D eigenvalue weighted by Crippen LogP contribution is 2.27. The molecule has 134 valence electrons. The topological polar surface area (TPSA) is 24.1 Å². The first-order valence-corrected chi connectivity index (χ1v) is 11.2. The number of hydrogen-bond acceptors (Lipinski definition) is 4. The van der Waals surface area contributed by atoms with E-state index in [-0.39, 0.29) is 0 Å². The number of rotatable bonds is 0. The molecule has 3 rings (SSSR count). The Labute approximate surface area is 160 Å². The van der Waals surface area contributed by atoms with Crippen LogP contribution in [0.4, 0.5) is 0 Å². The van der Waals surface area contributed by atoms with Gasteiger partial charge in [0.25, 0.3) is 0 Å². The minimum atomic E-state index is 0.983. The van der Waals surface area contributed by atoms with Gasteiger partial charge in [0.05, 0.1) is 0 Å². The van der Waals surface area contributed by atoms with Crippen LogP contribution in [0.2, 0.25) is 0 Å². The average Bonchev–Trinajstić information content (AvgIpc) is 2.65.